The summed E-state index contributed by atoms with van der Waals surface area (Å²) in [5, 5.41) is 15.9. The van der Waals surface area contributed by atoms with Gasteiger partial charge in [-0.15, -0.1) is 0 Å². The first-order valence-corrected chi connectivity index (χ1v) is 15.8. The molecule has 2 atom stereocenters. The van der Waals surface area contributed by atoms with Gasteiger partial charge < -0.3 is 14.2 Å². The molecule has 15 heteroatoms. The smallest absolute Gasteiger partial charge is 0.418 e. The fraction of sp³-hybridized carbons (Fsp3) is 0.219. The molecule has 0 aromatic heterocycles. The summed E-state index contributed by atoms with van der Waals surface area (Å²) in [5.41, 5.74) is -1.38. The van der Waals surface area contributed by atoms with Crippen LogP contribution in [0, 0.1) is 5.92 Å². The number of hydrogen-bond acceptors (Lipinski definition) is 10. The van der Waals surface area contributed by atoms with E-state index in [9.17, 15) is 26.4 Å². The minimum Gasteiger partial charge on any atom is -0.453 e. The second-order valence-corrected chi connectivity index (χ2v) is 12.5. The molecule has 0 fully saturated rings. The zero-order chi connectivity index (χ0) is 33.5. The van der Waals surface area contributed by atoms with Gasteiger partial charge in [0.15, 0.2) is 11.5 Å². The summed E-state index contributed by atoms with van der Waals surface area (Å²) in [5.74, 6) is -1.85. The molecule has 0 radical (unpaired) electrons. The lowest BCUT2D eigenvalue weighted by Crippen LogP contribution is -2.49. The Bertz CT molecular complexity index is 1920. The lowest BCUT2D eigenvalue weighted by Gasteiger charge is -2.41. The van der Waals surface area contributed by atoms with E-state index < -0.39 is 55.7 Å². The predicted octanol–water partition coefficient (Wildman–Crippen LogP) is 5.79. The Morgan fingerprint density at radius 1 is 1.02 bits per heavy atom. The Balaban J connectivity index is 1.63. The molecular formula is C32H27F3N2O9S. The van der Waals surface area contributed by atoms with E-state index in [4.69, 9.17) is 24.6 Å². The molecule has 0 spiro atoms. The number of nitrogens with zero attached hydrogens (tertiary/aromatic N) is 2. The van der Waals surface area contributed by atoms with E-state index in [0.29, 0.717) is 22.0 Å². The maximum atomic E-state index is 14.5. The Kier molecular flexibility index (Phi) is 8.59. The zero-order valence-corrected chi connectivity index (χ0v) is 25.4. The number of fused-ring (bicyclic) bond motifs is 2. The standard InChI is InChI=1S/C32H27F3N2O9S/c1-2-20-14-15-23(30-29(20)43-18-44-30)27-22-10-3-6-13-26(22)47(41,42)36(25-12-5-4-11-24(25)32(33,34)35)28(27)31(38)46-21-9-7-8-19(16-21)17-45-37(39)40/h3-16,22,26,39-40H,2,17-18H2,1H3. The van der Waals surface area contributed by atoms with Crippen LogP contribution in [0.3, 0.4) is 0 Å². The molecule has 2 heterocycles. The van der Waals surface area contributed by atoms with Crippen LogP contribution in [-0.4, -0.2) is 42.2 Å². The number of anilines is 1. The van der Waals surface area contributed by atoms with E-state index in [2.05, 4.69) is 4.84 Å². The highest BCUT2D eigenvalue weighted by Crippen LogP contribution is 2.52. The highest BCUT2D eigenvalue weighted by Gasteiger charge is 2.51. The van der Waals surface area contributed by atoms with E-state index in [1.165, 1.54) is 42.5 Å². The normalized spacial score (nSPS) is 19.7. The SMILES string of the molecule is CCc1ccc(C2=C(C(=O)Oc3cccc(CON(O)O)c3)N(c3ccccc3C(F)(F)F)S(=O)(=O)C3C=CC=CC23)c2c1OCO2. The topological polar surface area (TPSA) is 135 Å². The molecule has 2 N–H and O–H groups in total. The third kappa shape index (κ3) is 5.99. The average Bonchev–Trinajstić information content (AvgIpc) is 3.54. The number of carbonyl (C=O) groups is 1. The van der Waals surface area contributed by atoms with Crippen molar-refractivity contribution in [3.63, 3.8) is 0 Å². The van der Waals surface area contributed by atoms with Gasteiger partial charge in [-0.3, -0.25) is 10.4 Å². The molecule has 0 bridgehead atoms. The van der Waals surface area contributed by atoms with Crippen molar-refractivity contribution in [2.24, 2.45) is 5.92 Å². The van der Waals surface area contributed by atoms with Crippen molar-refractivity contribution in [2.45, 2.75) is 31.4 Å². The van der Waals surface area contributed by atoms with Crippen LogP contribution < -0.4 is 18.5 Å². The molecule has 0 amide bonds. The highest BCUT2D eigenvalue weighted by molar-refractivity contribution is 7.94. The second-order valence-electron chi connectivity index (χ2n) is 10.6. The molecular weight excluding hydrogens is 645 g/mol. The van der Waals surface area contributed by atoms with Crippen molar-refractivity contribution in [3.8, 4) is 17.2 Å². The third-order valence-corrected chi connectivity index (χ3v) is 9.85. The van der Waals surface area contributed by atoms with E-state index in [0.717, 1.165) is 23.8 Å². The molecule has 0 saturated heterocycles. The molecule has 0 saturated carbocycles. The lowest BCUT2D eigenvalue weighted by atomic mass is 9.84. The predicted molar refractivity (Wildman–Crippen MR) is 160 cm³/mol. The number of ether oxygens (including phenoxy) is 3. The van der Waals surface area contributed by atoms with Crippen molar-refractivity contribution >= 4 is 27.3 Å². The molecule has 11 nitrogen and oxygen atoms in total. The van der Waals surface area contributed by atoms with Crippen LogP contribution in [0.5, 0.6) is 17.2 Å². The van der Waals surface area contributed by atoms with E-state index >= 15 is 0 Å². The number of carbonyl (C=O) groups excluding carboxylic acids is 1. The fourth-order valence-electron chi connectivity index (χ4n) is 5.83. The van der Waals surface area contributed by atoms with Crippen LogP contribution in [0.15, 0.2) is 90.7 Å². The summed E-state index contributed by atoms with van der Waals surface area (Å²) in [6, 6.07) is 13.1. The van der Waals surface area contributed by atoms with E-state index in [1.807, 2.05) is 6.92 Å². The Morgan fingerprint density at radius 3 is 2.51 bits per heavy atom. The molecule has 47 heavy (non-hydrogen) atoms. The van der Waals surface area contributed by atoms with Crippen molar-refractivity contribution < 1.29 is 55.8 Å². The summed E-state index contributed by atoms with van der Waals surface area (Å²) in [6.07, 6.45) is 1.54. The van der Waals surface area contributed by atoms with Gasteiger partial charge in [-0.05, 0) is 41.8 Å². The first-order chi connectivity index (χ1) is 22.4. The van der Waals surface area contributed by atoms with Gasteiger partial charge in [0.1, 0.15) is 16.7 Å². The number of halogens is 3. The molecule has 2 aliphatic heterocycles. The third-order valence-electron chi connectivity index (χ3n) is 7.82. The number of para-hydroxylation sites is 1. The summed E-state index contributed by atoms with van der Waals surface area (Å²) in [7, 11) is -4.76. The highest BCUT2D eigenvalue weighted by atomic mass is 32.2. The maximum Gasteiger partial charge on any atom is 0.418 e. The number of hydrogen-bond donors (Lipinski definition) is 2. The fourth-order valence-corrected chi connectivity index (χ4v) is 7.82. The number of benzene rings is 3. The van der Waals surface area contributed by atoms with Crippen LogP contribution in [0.4, 0.5) is 18.9 Å². The summed E-state index contributed by atoms with van der Waals surface area (Å²) in [6.45, 7) is 1.37. The number of alkyl halides is 3. The van der Waals surface area contributed by atoms with E-state index in [1.54, 1.807) is 24.3 Å². The molecule has 1 aliphatic carbocycles. The van der Waals surface area contributed by atoms with Crippen LogP contribution in [-0.2, 0) is 38.9 Å². The number of rotatable bonds is 8. The number of aryl methyl sites for hydroxylation is 1. The zero-order valence-electron chi connectivity index (χ0n) is 24.5. The first kappa shape index (κ1) is 32.3. The quantitative estimate of drug-likeness (QED) is 0.172. The molecule has 3 aliphatic rings. The largest absolute Gasteiger partial charge is 0.453 e. The summed E-state index contributed by atoms with van der Waals surface area (Å²) >= 11 is 0. The lowest BCUT2D eigenvalue weighted by molar-refractivity contribution is -0.497. The number of sulfonamides is 1. The van der Waals surface area contributed by atoms with Gasteiger partial charge in [-0.2, -0.15) is 13.2 Å². The van der Waals surface area contributed by atoms with Gasteiger partial charge >= 0.3 is 12.1 Å². The average molecular weight is 673 g/mol. The number of allylic oxidation sites excluding steroid dienone is 4. The van der Waals surface area contributed by atoms with Crippen molar-refractivity contribution in [3.05, 3.63) is 113 Å². The van der Waals surface area contributed by atoms with Gasteiger partial charge in [0.05, 0.1) is 23.2 Å². The number of esters is 1. The van der Waals surface area contributed by atoms with Crippen LogP contribution in [0.2, 0.25) is 0 Å². The Hall–Kier alpha value is -4.67. The molecule has 6 rings (SSSR count). The molecule has 3 aromatic carbocycles. The minimum absolute atomic E-state index is 0.0486. The minimum atomic E-state index is -5.00. The van der Waals surface area contributed by atoms with Crippen molar-refractivity contribution in [1.82, 2.24) is 5.39 Å². The maximum absolute atomic E-state index is 14.5. The van der Waals surface area contributed by atoms with Gasteiger partial charge in [0.25, 0.3) is 0 Å². The second kappa shape index (κ2) is 12.5. The van der Waals surface area contributed by atoms with Crippen LogP contribution in [0.1, 0.15) is 29.2 Å². The van der Waals surface area contributed by atoms with Crippen LogP contribution >= 0.6 is 0 Å². The van der Waals surface area contributed by atoms with Gasteiger partial charge in [-0.25, -0.2) is 22.4 Å². The molecule has 246 valence electrons. The summed E-state index contributed by atoms with van der Waals surface area (Å²) < 4.78 is 89.8. The Morgan fingerprint density at radius 2 is 1.77 bits per heavy atom. The molecule has 2 unspecified atom stereocenters. The van der Waals surface area contributed by atoms with Gasteiger partial charge in [-0.1, -0.05) is 67.6 Å². The van der Waals surface area contributed by atoms with Crippen molar-refractivity contribution in [1.29, 1.82) is 0 Å². The van der Waals surface area contributed by atoms with Gasteiger partial charge in [0, 0.05) is 17.1 Å². The van der Waals surface area contributed by atoms with Gasteiger partial charge in [0.2, 0.25) is 16.8 Å². The van der Waals surface area contributed by atoms with Crippen molar-refractivity contribution in [2.75, 3.05) is 11.1 Å². The summed E-state index contributed by atoms with van der Waals surface area (Å²) in [4.78, 5) is 19.0. The van der Waals surface area contributed by atoms with E-state index in [-0.39, 0.29) is 36.0 Å². The first-order valence-electron chi connectivity index (χ1n) is 14.2. The Labute approximate surface area is 266 Å². The monoisotopic (exact) mass is 672 g/mol. The molecule has 3 aromatic rings. The van der Waals surface area contributed by atoms with Crippen LogP contribution in [0.25, 0.3) is 5.57 Å².